The number of ether oxygens (including phenoxy) is 2. The molecule has 166 valence electrons. The van der Waals surface area contributed by atoms with Gasteiger partial charge < -0.3 is 19.4 Å². The Morgan fingerprint density at radius 2 is 2.00 bits per heavy atom. The lowest BCUT2D eigenvalue weighted by Crippen LogP contribution is -2.07. The second-order valence-corrected chi connectivity index (χ2v) is 7.61. The quantitative estimate of drug-likeness (QED) is 0.383. The number of nitrogens with one attached hydrogen (secondary N) is 1. The Labute approximate surface area is 189 Å². The predicted octanol–water partition coefficient (Wildman–Crippen LogP) is 4.64. The Morgan fingerprint density at radius 1 is 1.12 bits per heavy atom. The number of carbonyl (C=O) groups excluding carboxylic acids is 1. The highest BCUT2D eigenvalue weighted by Crippen LogP contribution is 2.30. The van der Waals surface area contributed by atoms with Gasteiger partial charge in [-0.15, -0.1) is 5.10 Å². The van der Waals surface area contributed by atoms with Crippen molar-refractivity contribution in [2.45, 2.75) is 13.8 Å². The van der Waals surface area contributed by atoms with Gasteiger partial charge in [0.15, 0.2) is 11.5 Å². The van der Waals surface area contributed by atoms with Crippen molar-refractivity contribution in [3.8, 4) is 11.5 Å². The number of aryl methyl sites for hydroxylation is 2. The van der Waals surface area contributed by atoms with E-state index in [1.54, 1.807) is 30.0 Å². The first kappa shape index (κ1) is 20.5. The third-order valence-corrected chi connectivity index (χ3v) is 5.20. The Hall–Kier alpha value is -4.40. The highest BCUT2D eigenvalue weighted by atomic mass is 16.5. The molecule has 5 rings (SSSR count). The van der Waals surface area contributed by atoms with Crippen LogP contribution in [0.3, 0.4) is 0 Å². The maximum atomic E-state index is 11.9. The summed E-state index contributed by atoms with van der Waals surface area (Å²) in [5.41, 5.74) is 4.72. The van der Waals surface area contributed by atoms with E-state index in [2.05, 4.69) is 20.4 Å². The van der Waals surface area contributed by atoms with Gasteiger partial charge in [-0.3, -0.25) is 0 Å². The van der Waals surface area contributed by atoms with Crippen LogP contribution in [-0.2, 0) is 11.8 Å². The summed E-state index contributed by atoms with van der Waals surface area (Å²) in [6.07, 6.45) is 4.87. The summed E-state index contributed by atoms with van der Waals surface area (Å²) in [6, 6.07) is 13.5. The van der Waals surface area contributed by atoms with Crippen LogP contribution in [-0.4, -0.2) is 36.7 Å². The van der Waals surface area contributed by atoms with Crippen LogP contribution in [0.5, 0.6) is 11.5 Å². The number of hydrogen-bond donors (Lipinski definition) is 1. The number of carbonyl (C=O) groups is 1. The van der Waals surface area contributed by atoms with Crippen LogP contribution in [0.25, 0.3) is 16.7 Å². The minimum absolute atomic E-state index is 0.305. The smallest absolute Gasteiger partial charge is 0.341 e. The van der Waals surface area contributed by atoms with Gasteiger partial charge in [-0.2, -0.15) is 0 Å². The molecular formula is C24H22N6O3. The van der Waals surface area contributed by atoms with Crippen LogP contribution in [0.1, 0.15) is 22.8 Å². The van der Waals surface area contributed by atoms with E-state index < -0.39 is 5.97 Å². The molecule has 5 aromatic rings. The maximum absolute atomic E-state index is 11.9. The summed E-state index contributed by atoms with van der Waals surface area (Å²) >= 11 is 0. The molecule has 3 heterocycles. The number of anilines is 2. The summed E-state index contributed by atoms with van der Waals surface area (Å²) in [7, 11) is 1.96. The van der Waals surface area contributed by atoms with E-state index in [1.807, 2.05) is 54.9 Å². The Balaban J connectivity index is 1.33. The van der Waals surface area contributed by atoms with E-state index in [4.69, 9.17) is 9.47 Å². The Morgan fingerprint density at radius 3 is 2.82 bits per heavy atom. The number of aromatic nitrogens is 5. The molecule has 9 heteroatoms. The largest absolute Gasteiger partial charge is 0.462 e. The fourth-order valence-electron chi connectivity index (χ4n) is 3.55. The van der Waals surface area contributed by atoms with Gasteiger partial charge in [0.05, 0.1) is 29.5 Å². The van der Waals surface area contributed by atoms with Crippen LogP contribution in [0.2, 0.25) is 0 Å². The minimum atomic E-state index is -0.426. The van der Waals surface area contributed by atoms with Crippen molar-refractivity contribution in [3.05, 3.63) is 72.3 Å². The molecule has 0 saturated carbocycles. The van der Waals surface area contributed by atoms with E-state index in [1.165, 1.54) is 6.20 Å². The average Bonchev–Trinajstić information content (AvgIpc) is 3.37. The summed E-state index contributed by atoms with van der Waals surface area (Å²) in [6.45, 7) is 4.05. The molecule has 1 N–H and O–H groups in total. The summed E-state index contributed by atoms with van der Waals surface area (Å²) < 4.78 is 14.6. The monoisotopic (exact) mass is 442 g/mol. The number of hydrogen-bond acceptors (Lipinski definition) is 7. The molecule has 0 fully saturated rings. The fourth-order valence-corrected chi connectivity index (χ4v) is 3.55. The molecule has 0 saturated heterocycles. The minimum Gasteiger partial charge on any atom is -0.462 e. The standard InChI is InChI=1S/C24H22N6O3/c1-4-32-24(31)16-12-25-23-11-22(28-30(23)13-16)27-17-5-8-21(15(2)9-17)33-18-6-7-20-19(10-18)26-14-29(20)3/h5-14H,4H2,1-3H3,(H,27,28). The molecule has 0 aliphatic rings. The molecule has 0 radical (unpaired) electrons. The predicted molar refractivity (Wildman–Crippen MR) is 124 cm³/mol. The average molecular weight is 442 g/mol. The topological polar surface area (TPSA) is 95.6 Å². The first-order valence-corrected chi connectivity index (χ1v) is 10.5. The first-order chi connectivity index (χ1) is 16.0. The fraction of sp³-hybridized carbons (Fsp3) is 0.167. The second-order valence-electron chi connectivity index (χ2n) is 7.61. The van der Waals surface area contributed by atoms with Gasteiger partial charge in [-0.05, 0) is 49.7 Å². The zero-order valence-electron chi connectivity index (χ0n) is 18.4. The van der Waals surface area contributed by atoms with Gasteiger partial charge in [0.1, 0.15) is 11.5 Å². The van der Waals surface area contributed by atoms with Gasteiger partial charge in [-0.1, -0.05) is 0 Å². The van der Waals surface area contributed by atoms with E-state index in [9.17, 15) is 4.79 Å². The molecule has 0 unspecified atom stereocenters. The second kappa shape index (κ2) is 8.27. The van der Waals surface area contributed by atoms with Crippen molar-refractivity contribution in [2.24, 2.45) is 7.05 Å². The lowest BCUT2D eigenvalue weighted by molar-refractivity contribution is 0.0525. The normalized spacial score (nSPS) is 11.1. The van der Waals surface area contributed by atoms with E-state index in [0.29, 0.717) is 23.6 Å². The lowest BCUT2D eigenvalue weighted by Gasteiger charge is -2.11. The third-order valence-electron chi connectivity index (χ3n) is 5.20. The van der Waals surface area contributed by atoms with E-state index in [0.717, 1.165) is 33.8 Å². The highest BCUT2D eigenvalue weighted by Gasteiger charge is 2.11. The number of fused-ring (bicyclic) bond motifs is 2. The zero-order valence-corrected chi connectivity index (χ0v) is 18.4. The molecule has 0 aliphatic heterocycles. The van der Waals surface area contributed by atoms with Gasteiger partial charge >= 0.3 is 5.97 Å². The number of benzene rings is 2. The van der Waals surface area contributed by atoms with Crippen molar-refractivity contribution in [2.75, 3.05) is 11.9 Å². The van der Waals surface area contributed by atoms with Crippen molar-refractivity contribution >= 4 is 34.2 Å². The van der Waals surface area contributed by atoms with Crippen molar-refractivity contribution < 1.29 is 14.3 Å². The Bertz CT molecular complexity index is 1490. The maximum Gasteiger partial charge on any atom is 0.341 e. The number of nitrogens with zero attached hydrogens (tertiary/aromatic N) is 5. The molecule has 3 aromatic heterocycles. The third kappa shape index (κ3) is 4.08. The highest BCUT2D eigenvalue weighted by molar-refractivity contribution is 5.89. The first-order valence-electron chi connectivity index (χ1n) is 10.5. The number of rotatable bonds is 6. The van der Waals surface area contributed by atoms with E-state index in [-0.39, 0.29) is 0 Å². The van der Waals surface area contributed by atoms with Gasteiger partial charge in [0.25, 0.3) is 0 Å². The molecule has 9 nitrogen and oxygen atoms in total. The van der Waals surface area contributed by atoms with Crippen molar-refractivity contribution in [1.82, 2.24) is 24.1 Å². The van der Waals surface area contributed by atoms with Gasteiger partial charge in [0, 0.05) is 37.3 Å². The number of imidazole rings is 1. The van der Waals surface area contributed by atoms with Gasteiger partial charge in [-0.25, -0.2) is 19.3 Å². The summed E-state index contributed by atoms with van der Waals surface area (Å²) in [5, 5.41) is 7.73. The number of esters is 1. The van der Waals surface area contributed by atoms with Crippen LogP contribution in [0.4, 0.5) is 11.5 Å². The van der Waals surface area contributed by atoms with Crippen LogP contribution >= 0.6 is 0 Å². The SMILES string of the molecule is CCOC(=O)c1cnc2cc(Nc3ccc(Oc4ccc5c(c4)ncn5C)c(C)c3)nn2c1. The molecule has 0 amide bonds. The zero-order chi connectivity index (χ0) is 22.9. The van der Waals surface area contributed by atoms with Crippen LogP contribution in [0, 0.1) is 6.92 Å². The molecule has 0 atom stereocenters. The molecule has 0 aliphatic carbocycles. The Kier molecular flexibility index (Phi) is 5.14. The van der Waals surface area contributed by atoms with Crippen LogP contribution in [0.15, 0.2) is 61.2 Å². The summed E-state index contributed by atoms with van der Waals surface area (Å²) in [4.78, 5) is 20.6. The molecule has 2 aromatic carbocycles. The molecule has 0 spiro atoms. The van der Waals surface area contributed by atoms with E-state index >= 15 is 0 Å². The molecule has 33 heavy (non-hydrogen) atoms. The summed E-state index contributed by atoms with van der Waals surface area (Å²) in [5.74, 6) is 1.67. The molecular weight excluding hydrogens is 420 g/mol. The lowest BCUT2D eigenvalue weighted by atomic mass is 10.2. The van der Waals surface area contributed by atoms with Crippen LogP contribution < -0.4 is 10.1 Å². The molecule has 0 bridgehead atoms. The van der Waals surface area contributed by atoms with Crippen molar-refractivity contribution in [3.63, 3.8) is 0 Å². The van der Waals surface area contributed by atoms with Crippen molar-refractivity contribution in [1.29, 1.82) is 0 Å². The van der Waals surface area contributed by atoms with Gasteiger partial charge in [0.2, 0.25) is 0 Å².